The molecular formula is C11H17NO2. The van der Waals surface area contributed by atoms with Gasteiger partial charge in [0.05, 0.1) is 19.3 Å². The molecule has 0 N–H and O–H groups in total. The van der Waals surface area contributed by atoms with E-state index < -0.39 is 0 Å². The summed E-state index contributed by atoms with van der Waals surface area (Å²) in [6, 6.07) is 0.274. The number of hydrogen-bond acceptors (Lipinski definition) is 2. The van der Waals surface area contributed by atoms with E-state index in [1.54, 1.807) is 0 Å². The van der Waals surface area contributed by atoms with Gasteiger partial charge < -0.3 is 9.64 Å². The molecule has 78 valence electrons. The van der Waals surface area contributed by atoms with Gasteiger partial charge in [0.15, 0.2) is 0 Å². The van der Waals surface area contributed by atoms with E-state index in [2.05, 4.69) is 20.4 Å². The van der Waals surface area contributed by atoms with Crippen molar-refractivity contribution in [3.8, 4) is 0 Å². The maximum absolute atomic E-state index is 11.6. The Morgan fingerprint density at radius 1 is 1.57 bits per heavy atom. The minimum Gasteiger partial charge on any atom is -0.379 e. The lowest BCUT2D eigenvalue weighted by atomic mass is 9.80. The van der Waals surface area contributed by atoms with Gasteiger partial charge in [-0.2, -0.15) is 0 Å². The summed E-state index contributed by atoms with van der Waals surface area (Å²) in [6.07, 6.45) is 1.40. The van der Waals surface area contributed by atoms with Crippen LogP contribution < -0.4 is 0 Å². The van der Waals surface area contributed by atoms with Gasteiger partial charge in [0, 0.05) is 12.5 Å². The van der Waals surface area contributed by atoms with Crippen molar-refractivity contribution in [2.75, 3.05) is 19.8 Å². The average molecular weight is 195 g/mol. The van der Waals surface area contributed by atoms with Crippen molar-refractivity contribution in [2.24, 2.45) is 11.3 Å². The van der Waals surface area contributed by atoms with E-state index >= 15 is 0 Å². The Balaban J connectivity index is 2.22. The number of carbonyl (C=O) groups excluding carboxylic acids is 1. The van der Waals surface area contributed by atoms with Gasteiger partial charge in [-0.05, 0) is 11.5 Å². The third-order valence-corrected chi connectivity index (χ3v) is 3.49. The Labute approximate surface area is 84.7 Å². The number of amides is 1. The zero-order chi connectivity index (χ0) is 10.3. The highest BCUT2D eigenvalue weighted by Gasteiger charge is 2.50. The highest BCUT2D eigenvalue weighted by Crippen LogP contribution is 2.43. The molecule has 2 heterocycles. The summed E-state index contributed by atoms with van der Waals surface area (Å²) in [4.78, 5) is 13.5. The molecule has 14 heavy (non-hydrogen) atoms. The van der Waals surface area contributed by atoms with E-state index in [1.165, 1.54) is 6.08 Å². The van der Waals surface area contributed by atoms with Crippen LogP contribution in [0.5, 0.6) is 0 Å². The molecule has 2 aliphatic heterocycles. The molecule has 2 rings (SSSR count). The second-order valence-electron chi connectivity index (χ2n) is 4.87. The van der Waals surface area contributed by atoms with Gasteiger partial charge in [-0.25, -0.2) is 0 Å². The van der Waals surface area contributed by atoms with Crippen LogP contribution >= 0.6 is 0 Å². The van der Waals surface area contributed by atoms with Crippen LogP contribution in [-0.4, -0.2) is 36.6 Å². The van der Waals surface area contributed by atoms with Crippen LogP contribution in [0.4, 0.5) is 0 Å². The fourth-order valence-electron chi connectivity index (χ4n) is 2.63. The van der Waals surface area contributed by atoms with Crippen molar-refractivity contribution in [1.29, 1.82) is 0 Å². The molecule has 2 saturated heterocycles. The molecule has 0 saturated carbocycles. The molecule has 2 fully saturated rings. The first-order chi connectivity index (χ1) is 6.56. The van der Waals surface area contributed by atoms with Crippen molar-refractivity contribution in [1.82, 2.24) is 4.90 Å². The first-order valence-electron chi connectivity index (χ1n) is 5.07. The summed E-state index contributed by atoms with van der Waals surface area (Å²) in [5.41, 5.74) is 0.180. The summed E-state index contributed by atoms with van der Waals surface area (Å²) in [6.45, 7) is 10.3. The van der Waals surface area contributed by atoms with Crippen LogP contribution in [0.3, 0.4) is 0 Å². The third kappa shape index (κ3) is 1.27. The van der Waals surface area contributed by atoms with Gasteiger partial charge in [-0.3, -0.25) is 4.79 Å². The van der Waals surface area contributed by atoms with E-state index in [9.17, 15) is 4.79 Å². The van der Waals surface area contributed by atoms with Crippen LogP contribution in [-0.2, 0) is 9.53 Å². The van der Waals surface area contributed by atoms with E-state index in [0.29, 0.717) is 12.5 Å². The number of carbonyl (C=O) groups is 1. The van der Waals surface area contributed by atoms with Crippen LogP contribution in [0.25, 0.3) is 0 Å². The quantitative estimate of drug-likeness (QED) is 0.585. The smallest absolute Gasteiger partial charge is 0.246 e. The summed E-state index contributed by atoms with van der Waals surface area (Å²) in [5, 5.41) is 0. The third-order valence-electron chi connectivity index (χ3n) is 3.49. The number of hydrogen-bond donors (Lipinski definition) is 0. The van der Waals surface area contributed by atoms with Crippen LogP contribution in [0, 0.1) is 11.3 Å². The highest BCUT2D eigenvalue weighted by atomic mass is 16.5. The minimum absolute atomic E-state index is 0.0380. The lowest BCUT2D eigenvalue weighted by Gasteiger charge is -2.23. The van der Waals surface area contributed by atoms with Gasteiger partial charge in [0.1, 0.15) is 0 Å². The average Bonchev–Trinajstić information content (AvgIpc) is 2.68. The van der Waals surface area contributed by atoms with Gasteiger partial charge in [0.25, 0.3) is 0 Å². The Morgan fingerprint density at radius 2 is 2.29 bits per heavy atom. The fourth-order valence-corrected chi connectivity index (χ4v) is 2.63. The van der Waals surface area contributed by atoms with Crippen LogP contribution in [0.15, 0.2) is 12.7 Å². The van der Waals surface area contributed by atoms with Gasteiger partial charge in [0.2, 0.25) is 5.91 Å². The lowest BCUT2D eigenvalue weighted by Crippen LogP contribution is -2.36. The summed E-state index contributed by atoms with van der Waals surface area (Å²) in [5.74, 6) is 0.530. The normalized spacial score (nSPS) is 34.3. The lowest BCUT2D eigenvalue weighted by molar-refractivity contribution is -0.127. The first-order valence-corrected chi connectivity index (χ1v) is 5.07. The molecule has 1 amide bonds. The Morgan fingerprint density at radius 3 is 2.93 bits per heavy atom. The van der Waals surface area contributed by atoms with Crippen LogP contribution in [0.2, 0.25) is 0 Å². The molecule has 0 aromatic heterocycles. The van der Waals surface area contributed by atoms with E-state index in [1.807, 2.05) is 4.90 Å². The van der Waals surface area contributed by atoms with Gasteiger partial charge in [-0.15, -0.1) is 0 Å². The molecule has 2 aliphatic rings. The molecule has 0 radical (unpaired) electrons. The highest BCUT2D eigenvalue weighted by molar-refractivity contribution is 5.87. The van der Waals surface area contributed by atoms with Crippen molar-refractivity contribution >= 4 is 5.91 Å². The van der Waals surface area contributed by atoms with Crippen molar-refractivity contribution in [3.63, 3.8) is 0 Å². The van der Waals surface area contributed by atoms with Crippen LogP contribution in [0.1, 0.15) is 13.8 Å². The first kappa shape index (κ1) is 9.71. The summed E-state index contributed by atoms with van der Waals surface area (Å²) in [7, 11) is 0. The zero-order valence-corrected chi connectivity index (χ0v) is 8.82. The second kappa shape index (κ2) is 3.09. The van der Waals surface area contributed by atoms with E-state index in [0.717, 1.165) is 13.2 Å². The van der Waals surface area contributed by atoms with Gasteiger partial charge in [-0.1, -0.05) is 20.4 Å². The van der Waals surface area contributed by atoms with Gasteiger partial charge >= 0.3 is 0 Å². The molecule has 3 nitrogen and oxygen atoms in total. The Hall–Kier alpha value is -0.830. The number of rotatable bonds is 1. The number of ether oxygens (including phenoxy) is 1. The largest absolute Gasteiger partial charge is 0.379 e. The zero-order valence-electron chi connectivity index (χ0n) is 8.82. The number of likely N-dealkylation sites (tertiary alicyclic amines) is 1. The SMILES string of the molecule is C=CC(=O)N1CC(C)(C)[C@H]2COC[C@H]21. The molecule has 0 bridgehead atoms. The molecule has 0 aromatic carbocycles. The molecule has 0 spiro atoms. The molecule has 0 aliphatic carbocycles. The van der Waals surface area contributed by atoms with Crippen molar-refractivity contribution < 1.29 is 9.53 Å². The van der Waals surface area contributed by atoms with Crippen molar-refractivity contribution in [2.45, 2.75) is 19.9 Å². The molecule has 3 heteroatoms. The standard InChI is InChI=1S/C11H17NO2/c1-4-10(13)12-7-11(2,3)8-5-14-6-9(8)12/h4,8-9H,1,5-7H2,2-3H3/t8-,9+/m0/s1. The topological polar surface area (TPSA) is 29.5 Å². The molecular weight excluding hydrogens is 178 g/mol. The number of nitrogens with zero attached hydrogens (tertiary/aromatic N) is 1. The van der Waals surface area contributed by atoms with E-state index in [-0.39, 0.29) is 17.4 Å². The molecule has 0 unspecified atom stereocenters. The fraction of sp³-hybridized carbons (Fsp3) is 0.727. The summed E-state index contributed by atoms with van der Waals surface area (Å²) < 4.78 is 5.44. The monoisotopic (exact) mass is 195 g/mol. The molecule has 0 aromatic rings. The minimum atomic E-state index is 0.0380. The maximum Gasteiger partial charge on any atom is 0.246 e. The predicted molar refractivity (Wildman–Crippen MR) is 53.8 cm³/mol. The Kier molecular flexibility index (Phi) is 2.14. The maximum atomic E-state index is 11.6. The Bertz CT molecular complexity index is 272. The van der Waals surface area contributed by atoms with E-state index in [4.69, 9.17) is 4.74 Å². The summed E-state index contributed by atoms with van der Waals surface area (Å²) >= 11 is 0. The van der Waals surface area contributed by atoms with Crippen molar-refractivity contribution in [3.05, 3.63) is 12.7 Å². The second-order valence-corrected chi connectivity index (χ2v) is 4.87. The number of fused-ring (bicyclic) bond motifs is 1. The molecule has 2 atom stereocenters. The predicted octanol–water partition coefficient (Wildman–Crippen LogP) is 1.06.